The Hall–Kier alpha value is -1.02. The Kier molecular flexibility index (Phi) is 3.11. The van der Waals surface area contributed by atoms with Crippen molar-refractivity contribution in [2.75, 3.05) is 0 Å². The molecule has 0 bridgehead atoms. The molecule has 0 heterocycles. The number of nitrogens with one attached hydrogen (secondary N) is 1. The molecule has 1 N–H and O–H groups in total. The van der Waals surface area contributed by atoms with Crippen LogP contribution in [0.4, 0.5) is 0 Å². The average Bonchev–Trinajstić information content (AvgIpc) is 2.07. The quantitative estimate of drug-likeness (QED) is 0.713. The first-order valence-electron chi connectivity index (χ1n) is 3.66. The third kappa shape index (κ3) is 2.24. The molecule has 1 rings (SSSR count). The molecule has 1 aromatic rings. The fourth-order valence-corrected chi connectivity index (χ4v) is 1.11. The van der Waals surface area contributed by atoms with Gasteiger partial charge in [0.15, 0.2) is 0 Å². The molecule has 64 valence electrons. The summed E-state index contributed by atoms with van der Waals surface area (Å²) in [4.78, 5) is 9.99. The average molecular weight is 184 g/mol. The van der Waals surface area contributed by atoms with Crippen molar-refractivity contribution in [3.8, 4) is 0 Å². The largest absolute Gasteiger partial charge is 0.355 e. The van der Waals surface area contributed by atoms with Gasteiger partial charge in [-0.25, -0.2) is 0 Å². The number of amides is 1. The van der Waals surface area contributed by atoms with E-state index in [-0.39, 0.29) is 0 Å². The van der Waals surface area contributed by atoms with Crippen LogP contribution in [0.3, 0.4) is 0 Å². The molecule has 0 radical (unpaired) electrons. The molecule has 0 atom stereocenters. The van der Waals surface area contributed by atoms with Gasteiger partial charge >= 0.3 is 0 Å². The fourth-order valence-electron chi connectivity index (χ4n) is 0.906. The summed E-state index contributed by atoms with van der Waals surface area (Å²) in [5.74, 6) is 0. The second-order valence-corrected chi connectivity index (χ2v) is 2.99. The van der Waals surface area contributed by atoms with E-state index in [0.29, 0.717) is 13.0 Å². The summed E-state index contributed by atoms with van der Waals surface area (Å²) in [6, 6.07) is 5.73. The highest BCUT2D eigenvalue weighted by Gasteiger charge is 1.96. The highest BCUT2D eigenvalue weighted by Crippen LogP contribution is 2.16. The molecular weight excluding hydrogens is 174 g/mol. The van der Waals surface area contributed by atoms with E-state index in [1.807, 2.05) is 25.1 Å². The Balaban J connectivity index is 2.75. The van der Waals surface area contributed by atoms with Crippen LogP contribution < -0.4 is 5.32 Å². The first-order chi connectivity index (χ1) is 5.74. The summed E-state index contributed by atoms with van der Waals surface area (Å²) in [6.45, 7) is 2.47. The van der Waals surface area contributed by atoms with E-state index in [1.54, 1.807) is 0 Å². The number of carbonyl (C=O) groups is 1. The predicted octanol–water partition coefficient (Wildman–Crippen LogP) is 1.89. The van der Waals surface area contributed by atoms with Gasteiger partial charge in [-0.1, -0.05) is 23.7 Å². The van der Waals surface area contributed by atoms with Crippen LogP contribution in [0, 0.1) is 6.92 Å². The van der Waals surface area contributed by atoms with Crippen LogP contribution in [0.1, 0.15) is 11.1 Å². The van der Waals surface area contributed by atoms with Crippen LogP contribution in [0.25, 0.3) is 0 Å². The number of hydrogen-bond acceptors (Lipinski definition) is 1. The van der Waals surface area contributed by atoms with Crippen LogP contribution in [0.2, 0.25) is 5.02 Å². The van der Waals surface area contributed by atoms with E-state index in [0.717, 1.165) is 16.1 Å². The number of hydrogen-bond donors (Lipinski definition) is 1. The van der Waals surface area contributed by atoms with Gasteiger partial charge in [0, 0.05) is 11.6 Å². The summed E-state index contributed by atoms with van der Waals surface area (Å²) >= 11 is 5.88. The third-order valence-electron chi connectivity index (χ3n) is 1.63. The molecule has 1 aromatic carbocycles. The van der Waals surface area contributed by atoms with Crippen molar-refractivity contribution in [1.82, 2.24) is 5.32 Å². The minimum atomic E-state index is 0.531. The third-order valence-corrected chi connectivity index (χ3v) is 2.03. The summed E-state index contributed by atoms with van der Waals surface area (Å²) in [7, 11) is 0. The molecule has 2 nitrogen and oxygen atoms in total. The standard InChI is InChI=1S/C9H10ClNO/c1-7-2-3-8(4-9(7)10)5-11-6-12/h2-4,6H,5H2,1H3,(H,11,12). The van der Waals surface area contributed by atoms with Crippen LogP contribution in [-0.2, 0) is 11.3 Å². The topological polar surface area (TPSA) is 29.1 Å². The molecule has 12 heavy (non-hydrogen) atoms. The smallest absolute Gasteiger partial charge is 0.207 e. The molecule has 3 heteroatoms. The van der Waals surface area contributed by atoms with Gasteiger partial charge < -0.3 is 5.32 Å². The van der Waals surface area contributed by atoms with E-state index < -0.39 is 0 Å². The maximum absolute atomic E-state index is 9.99. The minimum absolute atomic E-state index is 0.531. The zero-order valence-corrected chi connectivity index (χ0v) is 7.56. The second-order valence-electron chi connectivity index (χ2n) is 2.58. The number of carbonyl (C=O) groups excluding carboxylic acids is 1. The Morgan fingerprint density at radius 3 is 2.92 bits per heavy atom. The first-order valence-corrected chi connectivity index (χ1v) is 4.04. The van der Waals surface area contributed by atoms with Crippen LogP contribution in [0.15, 0.2) is 18.2 Å². The van der Waals surface area contributed by atoms with Crippen molar-refractivity contribution in [3.05, 3.63) is 34.3 Å². The van der Waals surface area contributed by atoms with Crippen molar-refractivity contribution in [3.63, 3.8) is 0 Å². The molecule has 0 spiro atoms. The highest BCUT2D eigenvalue weighted by molar-refractivity contribution is 6.31. The normalized spacial score (nSPS) is 9.50. The zero-order chi connectivity index (χ0) is 8.97. The molecule has 1 amide bonds. The lowest BCUT2D eigenvalue weighted by molar-refractivity contribution is -0.109. The van der Waals surface area contributed by atoms with Gasteiger partial charge in [0.05, 0.1) is 0 Å². The summed E-state index contributed by atoms with van der Waals surface area (Å²) in [6.07, 6.45) is 0.674. The molecule has 0 saturated carbocycles. The maximum atomic E-state index is 9.99. The molecular formula is C9H10ClNO. The lowest BCUT2D eigenvalue weighted by Gasteiger charge is -2.02. The highest BCUT2D eigenvalue weighted by atomic mass is 35.5. The van der Waals surface area contributed by atoms with Crippen molar-refractivity contribution in [2.45, 2.75) is 13.5 Å². The number of aryl methyl sites for hydroxylation is 1. The number of halogens is 1. The predicted molar refractivity (Wildman–Crippen MR) is 49.1 cm³/mol. The lowest BCUT2D eigenvalue weighted by Crippen LogP contribution is -2.09. The minimum Gasteiger partial charge on any atom is -0.355 e. The van der Waals surface area contributed by atoms with Gasteiger partial charge in [-0.15, -0.1) is 0 Å². The van der Waals surface area contributed by atoms with Crippen molar-refractivity contribution in [1.29, 1.82) is 0 Å². The molecule has 0 aliphatic heterocycles. The van der Waals surface area contributed by atoms with Gasteiger partial charge in [-0.05, 0) is 24.1 Å². The molecule has 0 saturated heterocycles. The van der Waals surface area contributed by atoms with Gasteiger partial charge in [0.1, 0.15) is 0 Å². The SMILES string of the molecule is Cc1ccc(CNC=O)cc1Cl. The van der Waals surface area contributed by atoms with Crippen LogP contribution in [0.5, 0.6) is 0 Å². The van der Waals surface area contributed by atoms with Crippen LogP contribution >= 0.6 is 11.6 Å². The van der Waals surface area contributed by atoms with Gasteiger partial charge in [-0.3, -0.25) is 4.79 Å². The van der Waals surface area contributed by atoms with E-state index in [4.69, 9.17) is 11.6 Å². The van der Waals surface area contributed by atoms with E-state index in [9.17, 15) is 4.79 Å². The van der Waals surface area contributed by atoms with Crippen molar-refractivity contribution >= 4 is 18.0 Å². The summed E-state index contributed by atoms with van der Waals surface area (Å²) in [5, 5.41) is 3.31. The van der Waals surface area contributed by atoms with E-state index >= 15 is 0 Å². The van der Waals surface area contributed by atoms with Gasteiger partial charge in [0.2, 0.25) is 6.41 Å². The molecule has 0 aliphatic rings. The molecule has 0 aromatic heterocycles. The van der Waals surface area contributed by atoms with E-state index in [1.165, 1.54) is 0 Å². The van der Waals surface area contributed by atoms with Gasteiger partial charge in [0.25, 0.3) is 0 Å². The number of benzene rings is 1. The second kappa shape index (κ2) is 4.12. The van der Waals surface area contributed by atoms with Crippen molar-refractivity contribution < 1.29 is 4.79 Å². The Labute approximate surface area is 76.5 Å². The monoisotopic (exact) mass is 183 g/mol. The molecule has 0 fully saturated rings. The maximum Gasteiger partial charge on any atom is 0.207 e. The summed E-state index contributed by atoms with van der Waals surface area (Å²) < 4.78 is 0. The number of rotatable bonds is 3. The Bertz CT molecular complexity index is 286. The molecule has 0 aliphatic carbocycles. The van der Waals surface area contributed by atoms with E-state index in [2.05, 4.69) is 5.32 Å². The summed E-state index contributed by atoms with van der Waals surface area (Å²) in [5.41, 5.74) is 2.06. The molecule has 0 unspecified atom stereocenters. The first kappa shape index (κ1) is 9.07. The fraction of sp³-hybridized carbons (Fsp3) is 0.222. The lowest BCUT2D eigenvalue weighted by atomic mass is 10.1. The Morgan fingerprint density at radius 2 is 2.33 bits per heavy atom. The van der Waals surface area contributed by atoms with Crippen molar-refractivity contribution in [2.24, 2.45) is 0 Å². The zero-order valence-electron chi connectivity index (χ0n) is 6.80. The Morgan fingerprint density at radius 1 is 1.58 bits per heavy atom. The van der Waals surface area contributed by atoms with Gasteiger partial charge in [-0.2, -0.15) is 0 Å². The van der Waals surface area contributed by atoms with Crippen LogP contribution in [-0.4, -0.2) is 6.41 Å².